The van der Waals surface area contributed by atoms with Crippen LogP contribution in [0.15, 0.2) is 11.8 Å². The Bertz CT molecular complexity index is 218. The van der Waals surface area contributed by atoms with E-state index in [-0.39, 0.29) is 17.8 Å². The summed E-state index contributed by atoms with van der Waals surface area (Å²) in [5, 5.41) is 8.63. The average molecular weight is 186 g/mol. The van der Waals surface area contributed by atoms with Crippen LogP contribution in [0.1, 0.15) is 26.7 Å². The lowest BCUT2D eigenvalue weighted by atomic mass is 10.1. The Hall–Kier alpha value is -1.32. The molecule has 0 aliphatic heterocycles. The maximum atomic E-state index is 11.2. The van der Waals surface area contributed by atoms with Gasteiger partial charge >= 0.3 is 5.97 Å². The van der Waals surface area contributed by atoms with Gasteiger partial charge in [-0.3, -0.25) is 4.79 Å². The Balaban J connectivity index is 4.41. The summed E-state index contributed by atoms with van der Waals surface area (Å²) < 4.78 is 4.76. The molecule has 13 heavy (non-hydrogen) atoms. The maximum absolute atomic E-state index is 11.2. The van der Waals surface area contributed by atoms with E-state index in [4.69, 9.17) is 9.84 Å². The van der Waals surface area contributed by atoms with Crippen molar-refractivity contribution in [2.75, 3.05) is 6.61 Å². The average Bonchev–Trinajstić information content (AvgIpc) is 2.05. The number of Topliss-reactive ketones (excluding diaryl/α,β-unsaturated/α-hetero) is 1. The quantitative estimate of drug-likeness (QED) is 0.294. The number of carbonyl (C=O) groups is 2. The number of hydrogen-bond donors (Lipinski definition) is 1. The number of carbonyl (C=O) groups excluding carboxylic acids is 1. The molecule has 0 aromatic carbocycles. The van der Waals surface area contributed by atoms with Crippen molar-refractivity contribution < 1.29 is 19.4 Å². The highest BCUT2D eigenvalue weighted by Gasteiger charge is 2.16. The molecular formula is C9H14O4. The van der Waals surface area contributed by atoms with Crippen molar-refractivity contribution in [2.24, 2.45) is 0 Å². The van der Waals surface area contributed by atoms with E-state index in [0.717, 1.165) is 6.26 Å². The van der Waals surface area contributed by atoms with Gasteiger partial charge in [0.05, 0.1) is 6.61 Å². The molecule has 0 spiro atoms. The second-order valence-corrected chi connectivity index (χ2v) is 2.47. The van der Waals surface area contributed by atoms with Gasteiger partial charge in [-0.25, -0.2) is 4.79 Å². The minimum atomic E-state index is -1.23. The van der Waals surface area contributed by atoms with Crippen LogP contribution < -0.4 is 0 Å². The largest absolute Gasteiger partial charge is 0.500 e. The molecule has 0 bridgehead atoms. The van der Waals surface area contributed by atoms with Gasteiger partial charge in [0.1, 0.15) is 11.8 Å². The maximum Gasteiger partial charge on any atom is 0.342 e. The van der Waals surface area contributed by atoms with Gasteiger partial charge in [-0.1, -0.05) is 6.92 Å². The first-order valence-corrected chi connectivity index (χ1v) is 4.21. The van der Waals surface area contributed by atoms with Crippen molar-refractivity contribution in [3.63, 3.8) is 0 Å². The van der Waals surface area contributed by atoms with Crippen molar-refractivity contribution in [3.05, 3.63) is 11.8 Å². The monoisotopic (exact) mass is 186 g/mol. The van der Waals surface area contributed by atoms with Gasteiger partial charge < -0.3 is 9.84 Å². The minimum Gasteiger partial charge on any atom is -0.500 e. The highest BCUT2D eigenvalue weighted by molar-refractivity contribution is 6.16. The normalized spacial score (nSPS) is 11.1. The number of hydrogen-bond acceptors (Lipinski definition) is 3. The molecule has 4 heteroatoms. The van der Waals surface area contributed by atoms with E-state index in [9.17, 15) is 9.59 Å². The molecule has 0 rings (SSSR count). The molecule has 0 saturated heterocycles. The van der Waals surface area contributed by atoms with Crippen LogP contribution in [-0.2, 0) is 14.3 Å². The predicted octanol–water partition coefficient (Wildman–Crippen LogP) is 1.36. The Morgan fingerprint density at radius 2 is 2.00 bits per heavy atom. The van der Waals surface area contributed by atoms with Crippen LogP contribution in [-0.4, -0.2) is 23.5 Å². The lowest BCUT2D eigenvalue weighted by Gasteiger charge is -2.00. The van der Waals surface area contributed by atoms with Gasteiger partial charge in [-0.2, -0.15) is 0 Å². The standard InChI is InChI=1S/C9H14O4/c1-3-5-8(10)7(9(11)12)6-13-4-2/h6H,3-5H2,1-2H3,(H,11,12)/b7-6-. The molecule has 0 aromatic heterocycles. The Morgan fingerprint density at radius 3 is 2.38 bits per heavy atom. The summed E-state index contributed by atoms with van der Waals surface area (Å²) in [4.78, 5) is 21.7. The minimum absolute atomic E-state index is 0.241. The molecular weight excluding hydrogens is 172 g/mol. The van der Waals surface area contributed by atoms with Crippen molar-refractivity contribution in [1.29, 1.82) is 0 Å². The predicted molar refractivity (Wildman–Crippen MR) is 47.3 cm³/mol. The molecule has 74 valence electrons. The van der Waals surface area contributed by atoms with E-state index in [2.05, 4.69) is 0 Å². The van der Waals surface area contributed by atoms with E-state index < -0.39 is 5.97 Å². The molecule has 0 aromatic rings. The summed E-state index contributed by atoms with van der Waals surface area (Å²) in [6.45, 7) is 3.90. The van der Waals surface area contributed by atoms with Gasteiger partial charge in [0, 0.05) is 6.42 Å². The first-order chi connectivity index (χ1) is 6.13. The molecule has 0 atom stereocenters. The first-order valence-electron chi connectivity index (χ1n) is 4.21. The zero-order valence-corrected chi connectivity index (χ0v) is 7.87. The first kappa shape index (κ1) is 11.7. The summed E-state index contributed by atoms with van der Waals surface area (Å²) in [7, 11) is 0. The molecule has 1 N–H and O–H groups in total. The summed E-state index contributed by atoms with van der Waals surface area (Å²) in [6, 6.07) is 0. The van der Waals surface area contributed by atoms with E-state index >= 15 is 0 Å². The third-order valence-corrected chi connectivity index (χ3v) is 1.38. The van der Waals surface area contributed by atoms with Crippen molar-refractivity contribution in [2.45, 2.75) is 26.7 Å². The molecule has 0 aliphatic carbocycles. The Morgan fingerprint density at radius 1 is 1.38 bits per heavy atom. The zero-order chi connectivity index (χ0) is 10.3. The number of ether oxygens (including phenoxy) is 1. The number of ketones is 1. The van der Waals surface area contributed by atoms with E-state index in [1.165, 1.54) is 0 Å². The van der Waals surface area contributed by atoms with Crippen molar-refractivity contribution >= 4 is 11.8 Å². The third-order valence-electron chi connectivity index (χ3n) is 1.38. The van der Waals surface area contributed by atoms with Gasteiger partial charge in [0.15, 0.2) is 5.78 Å². The summed E-state index contributed by atoms with van der Waals surface area (Å²) in [5.74, 6) is -1.62. The topological polar surface area (TPSA) is 63.6 Å². The van der Waals surface area contributed by atoms with E-state index in [0.29, 0.717) is 13.0 Å². The highest BCUT2D eigenvalue weighted by atomic mass is 16.5. The number of aliphatic carboxylic acids is 1. The van der Waals surface area contributed by atoms with Gasteiger partial charge in [0.25, 0.3) is 0 Å². The van der Waals surface area contributed by atoms with Crippen LogP contribution in [0.4, 0.5) is 0 Å². The van der Waals surface area contributed by atoms with Crippen molar-refractivity contribution in [3.8, 4) is 0 Å². The van der Waals surface area contributed by atoms with Crippen LogP contribution in [0.25, 0.3) is 0 Å². The number of carboxylic acid groups (broad SMARTS) is 1. The smallest absolute Gasteiger partial charge is 0.342 e. The zero-order valence-electron chi connectivity index (χ0n) is 7.87. The Kier molecular flexibility index (Phi) is 5.59. The Labute approximate surface area is 77.2 Å². The second-order valence-electron chi connectivity index (χ2n) is 2.47. The van der Waals surface area contributed by atoms with Crippen LogP contribution >= 0.6 is 0 Å². The number of rotatable bonds is 6. The van der Waals surface area contributed by atoms with Crippen LogP contribution in [0.5, 0.6) is 0 Å². The van der Waals surface area contributed by atoms with Gasteiger partial charge in [0.2, 0.25) is 0 Å². The molecule has 4 nitrogen and oxygen atoms in total. The highest BCUT2D eigenvalue weighted by Crippen LogP contribution is 2.03. The second kappa shape index (κ2) is 6.22. The fourth-order valence-corrected chi connectivity index (χ4v) is 0.764. The third kappa shape index (κ3) is 4.30. The molecule has 0 unspecified atom stereocenters. The van der Waals surface area contributed by atoms with Crippen molar-refractivity contribution in [1.82, 2.24) is 0 Å². The van der Waals surface area contributed by atoms with Crippen LogP contribution in [0, 0.1) is 0 Å². The van der Waals surface area contributed by atoms with Crippen LogP contribution in [0.3, 0.4) is 0 Å². The molecule has 0 radical (unpaired) electrons. The molecule has 0 aliphatic rings. The van der Waals surface area contributed by atoms with E-state index in [1.807, 2.05) is 6.92 Å². The fourth-order valence-electron chi connectivity index (χ4n) is 0.764. The van der Waals surface area contributed by atoms with Gasteiger partial charge in [-0.05, 0) is 13.3 Å². The van der Waals surface area contributed by atoms with Gasteiger partial charge in [-0.15, -0.1) is 0 Å². The molecule has 0 amide bonds. The summed E-state index contributed by atoms with van der Waals surface area (Å²) in [6.07, 6.45) is 1.89. The number of carboxylic acids is 1. The summed E-state index contributed by atoms with van der Waals surface area (Å²) in [5.41, 5.74) is -0.274. The molecule has 0 heterocycles. The molecule has 0 saturated carbocycles. The lowest BCUT2D eigenvalue weighted by Crippen LogP contribution is -2.12. The SMILES string of the molecule is CCCC(=O)/C(=C/OCC)C(=O)O. The lowest BCUT2D eigenvalue weighted by molar-refractivity contribution is -0.134. The van der Waals surface area contributed by atoms with Crippen LogP contribution in [0.2, 0.25) is 0 Å². The molecule has 0 fully saturated rings. The summed E-state index contributed by atoms with van der Waals surface area (Å²) >= 11 is 0. The fraction of sp³-hybridized carbons (Fsp3) is 0.556. The van der Waals surface area contributed by atoms with E-state index in [1.54, 1.807) is 6.92 Å².